The minimum absolute atomic E-state index is 0.107. The van der Waals surface area contributed by atoms with Gasteiger partial charge in [-0.1, -0.05) is 0 Å². The molecular weight excluding hydrogens is 318 g/mol. The van der Waals surface area contributed by atoms with Crippen LogP contribution >= 0.6 is 0 Å². The molecule has 0 radical (unpaired) electrons. The molecule has 1 saturated carbocycles. The van der Waals surface area contributed by atoms with Gasteiger partial charge in [0.05, 0.1) is 13.7 Å². The third-order valence-electron chi connectivity index (χ3n) is 5.04. The van der Waals surface area contributed by atoms with E-state index in [1.807, 2.05) is 25.1 Å². The second-order valence-corrected chi connectivity index (χ2v) is 6.98. The highest BCUT2D eigenvalue weighted by atomic mass is 16.5. The molecule has 0 spiro atoms. The molecule has 1 aliphatic carbocycles. The Labute approximate surface area is 146 Å². The molecule has 1 aromatic carbocycles. The molecule has 1 aromatic heterocycles. The Bertz CT molecular complexity index is 789. The Kier molecular flexibility index (Phi) is 4.00. The van der Waals surface area contributed by atoms with Crippen molar-refractivity contribution in [1.29, 1.82) is 0 Å². The Morgan fingerprint density at radius 2 is 2.28 bits per heavy atom. The van der Waals surface area contributed by atoms with E-state index in [1.54, 1.807) is 13.3 Å². The number of methoxy groups -OCH3 is 1. The smallest absolute Gasteiger partial charge is 0.252 e. The standard InChI is InChI=1S/C19H23N3O3/c1-12-10-20-18(21-12)19(7-8-25-11-19)22-17(23)14-5-6-16(24-2)15(9-14)13-3-4-13/h5-6,9-10,13H,3-4,7-8,11H2,1-2H3,(H,20,21)(H,22,23). The maximum Gasteiger partial charge on any atom is 0.252 e. The fraction of sp³-hybridized carbons (Fsp3) is 0.474. The lowest BCUT2D eigenvalue weighted by molar-refractivity contribution is 0.0869. The third-order valence-corrected chi connectivity index (χ3v) is 5.04. The van der Waals surface area contributed by atoms with Gasteiger partial charge in [-0.2, -0.15) is 0 Å². The van der Waals surface area contributed by atoms with Crippen LogP contribution in [0.3, 0.4) is 0 Å². The highest BCUT2D eigenvalue weighted by molar-refractivity contribution is 5.95. The van der Waals surface area contributed by atoms with Crippen LogP contribution in [0.2, 0.25) is 0 Å². The summed E-state index contributed by atoms with van der Waals surface area (Å²) in [6, 6.07) is 5.66. The van der Waals surface area contributed by atoms with Crippen molar-refractivity contribution in [3.8, 4) is 5.75 Å². The lowest BCUT2D eigenvalue weighted by Crippen LogP contribution is -2.47. The quantitative estimate of drug-likeness (QED) is 0.876. The molecule has 132 valence electrons. The van der Waals surface area contributed by atoms with Gasteiger partial charge in [0.25, 0.3) is 5.91 Å². The van der Waals surface area contributed by atoms with Crippen molar-refractivity contribution in [1.82, 2.24) is 15.3 Å². The Morgan fingerprint density at radius 3 is 2.88 bits per heavy atom. The molecule has 6 heteroatoms. The molecule has 1 aliphatic heterocycles. The summed E-state index contributed by atoms with van der Waals surface area (Å²) in [5, 5.41) is 3.16. The van der Waals surface area contributed by atoms with E-state index in [-0.39, 0.29) is 5.91 Å². The van der Waals surface area contributed by atoms with Crippen molar-refractivity contribution >= 4 is 5.91 Å². The van der Waals surface area contributed by atoms with Crippen molar-refractivity contribution in [3.63, 3.8) is 0 Å². The zero-order chi connectivity index (χ0) is 17.4. The lowest BCUT2D eigenvalue weighted by Gasteiger charge is -2.27. The molecule has 2 heterocycles. The van der Waals surface area contributed by atoms with Crippen LogP contribution < -0.4 is 10.1 Å². The molecule has 2 aliphatic rings. The van der Waals surface area contributed by atoms with E-state index in [0.29, 0.717) is 31.1 Å². The van der Waals surface area contributed by atoms with Crippen LogP contribution in [0.4, 0.5) is 0 Å². The first-order valence-corrected chi connectivity index (χ1v) is 8.71. The number of aryl methyl sites for hydroxylation is 1. The van der Waals surface area contributed by atoms with Crippen molar-refractivity contribution in [2.24, 2.45) is 0 Å². The number of benzene rings is 1. The molecule has 0 bridgehead atoms. The van der Waals surface area contributed by atoms with E-state index in [2.05, 4.69) is 15.3 Å². The highest BCUT2D eigenvalue weighted by Crippen LogP contribution is 2.44. The predicted molar refractivity (Wildman–Crippen MR) is 92.9 cm³/mol. The number of hydrogen-bond acceptors (Lipinski definition) is 4. The van der Waals surface area contributed by atoms with Crippen LogP contribution in [0, 0.1) is 6.92 Å². The second-order valence-electron chi connectivity index (χ2n) is 6.98. The van der Waals surface area contributed by atoms with Crippen molar-refractivity contribution in [2.45, 2.75) is 37.6 Å². The number of nitrogens with zero attached hydrogens (tertiary/aromatic N) is 1. The summed E-state index contributed by atoms with van der Waals surface area (Å²) in [7, 11) is 1.67. The minimum atomic E-state index is -0.592. The molecule has 4 rings (SSSR count). The third kappa shape index (κ3) is 3.02. The number of ether oxygens (including phenoxy) is 2. The normalized spacial score (nSPS) is 22.8. The van der Waals surface area contributed by atoms with Gasteiger partial charge in [0.1, 0.15) is 17.1 Å². The van der Waals surface area contributed by atoms with Crippen LogP contribution in [-0.2, 0) is 10.3 Å². The first-order chi connectivity index (χ1) is 12.1. The molecule has 2 fully saturated rings. The maximum atomic E-state index is 12.9. The molecule has 1 unspecified atom stereocenters. The van der Waals surface area contributed by atoms with E-state index in [1.165, 1.54) is 0 Å². The second kappa shape index (κ2) is 6.19. The van der Waals surface area contributed by atoms with Gasteiger partial charge in [-0.25, -0.2) is 4.98 Å². The van der Waals surface area contributed by atoms with Crippen LogP contribution in [0.1, 0.15) is 52.6 Å². The van der Waals surface area contributed by atoms with Gasteiger partial charge in [0, 0.05) is 30.5 Å². The highest BCUT2D eigenvalue weighted by Gasteiger charge is 2.41. The van der Waals surface area contributed by atoms with Gasteiger partial charge in [-0.3, -0.25) is 4.79 Å². The van der Waals surface area contributed by atoms with Crippen LogP contribution in [0.5, 0.6) is 5.75 Å². The Morgan fingerprint density at radius 1 is 1.44 bits per heavy atom. The molecule has 2 aromatic rings. The zero-order valence-corrected chi connectivity index (χ0v) is 14.6. The number of amides is 1. The van der Waals surface area contributed by atoms with E-state index in [0.717, 1.165) is 35.7 Å². The van der Waals surface area contributed by atoms with Gasteiger partial charge in [-0.15, -0.1) is 0 Å². The minimum Gasteiger partial charge on any atom is -0.496 e. The number of H-pyrrole nitrogens is 1. The van der Waals surface area contributed by atoms with Crippen LogP contribution in [0.15, 0.2) is 24.4 Å². The first kappa shape index (κ1) is 16.1. The molecule has 25 heavy (non-hydrogen) atoms. The number of aromatic nitrogens is 2. The largest absolute Gasteiger partial charge is 0.496 e. The summed E-state index contributed by atoms with van der Waals surface area (Å²) >= 11 is 0. The van der Waals surface area contributed by atoms with Gasteiger partial charge in [-0.05, 0) is 49.4 Å². The van der Waals surface area contributed by atoms with Crippen LogP contribution in [-0.4, -0.2) is 36.2 Å². The number of nitrogens with one attached hydrogen (secondary N) is 2. The molecular formula is C19H23N3O3. The summed E-state index contributed by atoms with van der Waals surface area (Å²) < 4.78 is 11.0. The fourth-order valence-corrected chi connectivity index (χ4v) is 3.44. The van der Waals surface area contributed by atoms with E-state index in [9.17, 15) is 4.79 Å². The molecule has 1 amide bonds. The fourth-order valence-electron chi connectivity index (χ4n) is 3.44. The van der Waals surface area contributed by atoms with Crippen molar-refractivity contribution in [2.75, 3.05) is 20.3 Å². The van der Waals surface area contributed by atoms with Gasteiger partial charge in [0.2, 0.25) is 0 Å². The topological polar surface area (TPSA) is 76.2 Å². The number of carbonyl (C=O) groups excluding carboxylic acids is 1. The summed E-state index contributed by atoms with van der Waals surface area (Å²) in [4.78, 5) is 20.6. The number of hydrogen-bond donors (Lipinski definition) is 2. The Hall–Kier alpha value is -2.34. The molecule has 2 N–H and O–H groups in total. The molecule has 1 atom stereocenters. The van der Waals surface area contributed by atoms with Gasteiger partial charge in [0.15, 0.2) is 0 Å². The number of imidazole rings is 1. The maximum absolute atomic E-state index is 12.9. The average molecular weight is 341 g/mol. The summed E-state index contributed by atoms with van der Waals surface area (Å²) in [6.07, 6.45) is 4.80. The average Bonchev–Trinajstić information content (AvgIpc) is 3.20. The molecule has 1 saturated heterocycles. The summed E-state index contributed by atoms with van der Waals surface area (Å²) in [5.41, 5.74) is 2.15. The Balaban J connectivity index is 1.61. The van der Waals surface area contributed by atoms with Crippen molar-refractivity contribution in [3.05, 3.63) is 47.0 Å². The summed E-state index contributed by atoms with van der Waals surface area (Å²) in [6.45, 7) is 2.99. The lowest BCUT2D eigenvalue weighted by atomic mass is 9.96. The van der Waals surface area contributed by atoms with E-state index in [4.69, 9.17) is 9.47 Å². The van der Waals surface area contributed by atoms with Gasteiger partial charge < -0.3 is 19.8 Å². The predicted octanol–water partition coefficient (Wildman–Crippen LogP) is 2.65. The summed E-state index contributed by atoms with van der Waals surface area (Å²) in [5.74, 6) is 2.02. The SMILES string of the molecule is COc1ccc(C(=O)NC2(c3ncc(C)[nH]3)CCOC2)cc1C1CC1. The monoisotopic (exact) mass is 341 g/mol. The number of carbonyl (C=O) groups is 1. The van der Waals surface area contributed by atoms with Crippen LogP contribution in [0.25, 0.3) is 0 Å². The molecule has 6 nitrogen and oxygen atoms in total. The first-order valence-electron chi connectivity index (χ1n) is 8.71. The van der Waals surface area contributed by atoms with E-state index < -0.39 is 5.54 Å². The van der Waals surface area contributed by atoms with Crippen molar-refractivity contribution < 1.29 is 14.3 Å². The van der Waals surface area contributed by atoms with Gasteiger partial charge >= 0.3 is 0 Å². The number of rotatable bonds is 5. The zero-order valence-electron chi connectivity index (χ0n) is 14.6. The van der Waals surface area contributed by atoms with E-state index >= 15 is 0 Å². The number of aromatic amines is 1.